The third kappa shape index (κ3) is 7.37. The van der Waals surface area contributed by atoms with Gasteiger partial charge in [0.25, 0.3) is 0 Å². The lowest BCUT2D eigenvalue weighted by Gasteiger charge is -2.29. The van der Waals surface area contributed by atoms with E-state index in [2.05, 4.69) is 26.7 Å². The number of nitrogens with two attached hydrogens (primary N) is 1. The molecule has 0 aliphatic carbocycles. The summed E-state index contributed by atoms with van der Waals surface area (Å²) in [5, 5.41) is 0. The topological polar surface area (TPSA) is 26.0 Å². The normalized spacial score (nSPS) is 12.9. The molecule has 1 heteroatoms. The maximum atomic E-state index is 6.24. The van der Waals surface area contributed by atoms with E-state index in [4.69, 9.17) is 5.73 Å². The van der Waals surface area contributed by atoms with Gasteiger partial charge in [-0.1, -0.05) is 76.5 Å². The first-order valence-electron chi connectivity index (χ1n) is 7.83. The third-order valence-corrected chi connectivity index (χ3v) is 4.00. The first-order valence-corrected chi connectivity index (χ1v) is 7.83. The highest BCUT2D eigenvalue weighted by molar-refractivity contribution is 5.18. The lowest BCUT2D eigenvalue weighted by molar-refractivity contribution is 0.422. The van der Waals surface area contributed by atoms with Crippen molar-refractivity contribution in [1.29, 1.82) is 0 Å². The van der Waals surface area contributed by atoms with Crippen LogP contribution in [-0.2, 0) is 0 Å². The fraction of sp³-hybridized carbons (Fsp3) is 0.667. The fourth-order valence-corrected chi connectivity index (χ4v) is 2.46. The maximum Gasteiger partial charge on any atom is 0.0583 e. The van der Waals surface area contributed by atoms with Gasteiger partial charge in [-0.15, -0.1) is 19.7 Å². The summed E-state index contributed by atoms with van der Waals surface area (Å²) in [6, 6.07) is 0. The van der Waals surface area contributed by atoms with E-state index in [-0.39, 0.29) is 5.92 Å². The summed E-state index contributed by atoms with van der Waals surface area (Å²) in [5.74, 6) is 0.252. The SMILES string of the molecule is C=CC(CCCCCCCCCC)C(N)(C=C)C=C. The van der Waals surface area contributed by atoms with Gasteiger partial charge < -0.3 is 5.73 Å². The summed E-state index contributed by atoms with van der Waals surface area (Å²) < 4.78 is 0. The van der Waals surface area contributed by atoms with Gasteiger partial charge in [0.2, 0.25) is 0 Å². The molecule has 2 N–H and O–H groups in total. The van der Waals surface area contributed by atoms with Gasteiger partial charge in [0.15, 0.2) is 0 Å². The highest BCUT2D eigenvalue weighted by Crippen LogP contribution is 2.24. The first kappa shape index (κ1) is 18.2. The van der Waals surface area contributed by atoms with Crippen molar-refractivity contribution in [2.45, 2.75) is 70.3 Å². The molecule has 0 fully saturated rings. The molecule has 0 saturated carbocycles. The van der Waals surface area contributed by atoms with E-state index < -0.39 is 5.54 Å². The Morgan fingerprint density at radius 2 is 1.37 bits per heavy atom. The summed E-state index contributed by atoms with van der Waals surface area (Å²) in [6.45, 7) is 13.8. The van der Waals surface area contributed by atoms with Gasteiger partial charge in [0.1, 0.15) is 0 Å². The third-order valence-electron chi connectivity index (χ3n) is 4.00. The quantitative estimate of drug-likeness (QED) is 0.350. The van der Waals surface area contributed by atoms with E-state index in [1.165, 1.54) is 51.4 Å². The maximum absolute atomic E-state index is 6.24. The monoisotopic (exact) mass is 263 g/mol. The molecule has 110 valence electrons. The van der Waals surface area contributed by atoms with Crippen LogP contribution >= 0.6 is 0 Å². The summed E-state index contributed by atoms with van der Waals surface area (Å²) in [4.78, 5) is 0. The van der Waals surface area contributed by atoms with Crippen LogP contribution in [-0.4, -0.2) is 5.54 Å². The Balaban J connectivity index is 3.76. The average molecular weight is 263 g/mol. The zero-order valence-corrected chi connectivity index (χ0v) is 12.9. The van der Waals surface area contributed by atoms with Crippen molar-refractivity contribution < 1.29 is 0 Å². The predicted molar refractivity (Wildman–Crippen MR) is 88.2 cm³/mol. The van der Waals surface area contributed by atoms with Gasteiger partial charge in [-0.3, -0.25) is 0 Å². The van der Waals surface area contributed by atoms with Crippen molar-refractivity contribution in [3.8, 4) is 0 Å². The Morgan fingerprint density at radius 3 is 1.79 bits per heavy atom. The Labute approximate surface area is 120 Å². The highest BCUT2D eigenvalue weighted by Gasteiger charge is 2.25. The molecule has 0 aliphatic heterocycles. The van der Waals surface area contributed by atoms with Gasteiger partial charge in [-0.25, -0.2) is 0 Å². The van der Waals surface area contributed by atoms with E-state index in [0.717, 1.165) is 6.42 Å². The van der Waals surface area contributed by atoms with Gasteiger partial charge in [-0.05, 0) is 6.42 Å². The number of hydrogen-bond acceptors (Lipinski definition) is 1. The molecule has 0 aromatic heterocycles. The van der Waals surface area contributed by atoms with Crippen LogP contribution < -0.4 is 5.73 Å². The van der Waals surface area contributed by atoms with Gasteiger partial charge in [0, 0.05) is 5.92 Å². The standard InChI is InChI=1S/C18H33N/c1-5-9-10-11-12-13-14-15-16-17(6-2)18(19,7-3)8-4/h6-8,17H,2-5,9-16,19H2,1H3. The van der Waals surface area contributed by atoms with Gasteiger partial charge in [-0.2, -0.15) is 0 Å². The molecule has 1 nitrogen and oxygen atoms in total. The molecule has 0 rings (SSSR count). The van der Waals surface area contributed by atoms with E-state index in [9.17, 15) is 0 Å². The molecule has 0 saturated heterocycles. The molecule has 19 heavy (non-hydrogen) atoms. The fourth-order valence-electron chi connectivity index (χ4n) is 2.46. The molecule has 0 heterocycles. The Hall–Kier alpha value is -0.820. The molecule has 1 unspecified atom stereocenters. The average Bonchev–Trinajstić information content (AvgIpc) is 2.45. The lowest BCUT2D eigenvalue weighted by atomic mass is 9.81. The predicted octanol–water partition coefficient (Wildman–Crippen LogP) is 5.39. The van der Waals surface area contributed by atoms with Crippen LogP contribution in [0, 0.1) is 5.92 Å². The zero-order chi connectivity index (χ0) is 14.6. The van der Waals surface area contributed by atoms with Crippen LogP contribution in [0.1, 0.15) is 64.7 Å². The minimum absolute atomic E-state index is 0.252. The molecule has 0 aromatic carbocycles. The number of rotatable bonds is 13. The summed E-state index contributed by atoms with van der Waals surface area (Å²) in [6.07, 6.45) is 17.3. The van der Waals surface area contributed by atoms with E-state index in [1.54, 1.807) is 12.2 Å². The van der Waals surface area contributed by atoms with Gasteiger partial charge in [0.05, 0.1) is 5.54 Å². The second-order valence-electron chi connectivity index (χ2n) is 5.51. The first-order chi connectivity index (χ1) is 9.14. The van der Waals surface area contributed by atoms with Crippen LogP contribution in [0.25, 0.3) is 0 Å². The molecular weight excluding hydrogens is 230 g/mol. The van der Waals surface area contributed by atoms with Crippen LogP contribution in [0.2, 0.25) is 0 Å². The van der Waals surface area contributed by atoms with E-state index >= 15 is 0 Å². The van der Waals surface area contributed by atoms with Crippen LogP contribution in [0.15, 0.2) is 38.0 Å². The summed E-state index contributed by atoms with van der Waals surface area (Å²) in [7, 11) is 0. The Morgan fingerprint density at radius 1 is 0.895 bits per heavy atom. The van der Waals surface area contributed by atoms with Crippen molar-refractivity contribution in [1.82, 2.24) is 0 Å². The highest BCUT2D eigenvalue weighted by atomic mass is 14.7. The molecule has 0 aromatic rings. The van der Waals surface area contributed by atoms with Crippen LogP contribution in [0.3, 0.4) is 0 Å². The molecule has 1 atom stereocenters. The Bertz CT molecular complexity index is 246. The van der Waals surface area contributed by atoms with E-state index in [1.807, 2.05) is 6.08 Å². The molecular formula is C18H33N. The molecule has 0 amide bonds. The minimum Gasteiger partial charge on any atom is -0.318 e. The second-order valence-corrected chi connectivity index (χ2v) is 5.51. The van der Waals surface area contributed by atoms with Crippen molar-refractivity contribution in [2.24, 2.45) is 11.7 Å². The van der Waals surface area contributed by atoms with Crippen LogP contribution in [0.5, 0.6) is 0 Å². The smallest absolute Gasteiger partial charge is 0.0583 e. The van der Waals surface area contributed by atoms with Crippen LogP contribution in [0.4, 0.5) is 0 Å². The Kier molecular flexibility index (Phi) is 10.6. The van der Waals surface area contributed by atoms with Crippen molar-refractivity contribution >= 4 is 0 Å². The largest absolute Gasteiger partial charge is 0.318 e. The molecule has 0 radical (unpaired) electrons. The molecule has 0 bridgehead atoms. The zero-order valence-electron chi connectivity index (χ0n) is 12.9. The minimum atomic E-state index is -0.497. The summed E-state index contributed by atoms with van der Waals surface area (Å²) >= 11 is 0. The van der Waals surface area contributed by atoms with Gasteiger partial charge >= 0.3 is 0 Å². The molecule has 0 aliphatic rings. The lowest BCUT2D eigenvalue weighted by Crippen LogP contribution is -2.42. The molecule has 0 spiro atoms. The van der Waals surface area contributed by atoms with E-state index in [0.29, 0.717) is 0 Å². The van der Waals surface area contributed by atoms with Crippen molar-refractivity contribution in [3.63, 3.8) is 0 Å². The summed E-state index contributed by atoms with van der Waals surface area (Å²) in [5.41, 5.74) is 5.74. The van der Waals surface area contributed by atoms with Crippen molar-refractivity contribution in [3.05, 3.63) is 38.0 Å². The second kappa shape index (κ2) is 11.0. The number of hydrogen-bond donors (Lipinski definition) is 1. The van der Waals surface area contributed by atoms with Crippen molar-refractivity contribution in [2.75, 3.05) is 0 Å². The number of unbranched alkanes of at least 4 members (excludes halogenated alkanes) is 7.